The van der Waals surface area contributed by atoms with Crippen LogP contribution in [-0.4, -0.2) is 38.6 Å². The number of benzene rings is 1. The number of aromatic nitrogens is 1. The van der Waals surface area contributed by atoms with Crippen LogP contribution in [0.3, 0.4) is 0 Å². The molecular weight excluding hydrogens is 478 g/mol. The molecule has 0 saturated heterocycles. The maximum atomic E-state index is 11.3. The van der Waals surface area contributed by atoms with Gasteiger partial charge in [0.05, 0.1) is 18.0 Å². The lowest BCUT2D eigenvalue weighted by Gasteiger charge is -2.21. The number of hydrogen-bond donors (Lipinski definition) is 1. The van der Waals surface area contributed by atoms with Gasteiger partial charge in [-0.05, 0) is 37.5 Å². The number of pyridine rings is 1. The van der Waals surface area contributed by atoms with Crippen LogP contribution in [0, 0.1) is 27.2 Å². The lowest BCUT2D eigenvalue weighted by atomic mass is 9.90. The van der Waals surface area contributed by atoms with Crippen LogP contribution in [0.25, 0.3) is 0 Å². The van der Waals surface area contributed by atoms with E-state index in [0.29, 0.717) is 27.4 Å². The van der Waals surface area contributed by atoms with Gasteiger partial charge in [0.2, 0.25) is 0 Å². The van der Waals surface area contributed by atoms with Crippen molar-refractivity contribution < 1.29 is 39.2 Å². The number of hydrogen-bond acceptors (Lipinski definition) is 10. The molecule has 1 aromatic heterocycles. The van der Waals surface area contributed by atoms with E-state index in [1.54, 1.807) is 31.2 Å². The molecule has 13 nitrogen and oxygen atoms in total. The van der Waals surface area contributed by atoms with Crippen molar-refractivity contribution in [1.29, 1.82) is 0 Å². The van der Waals surface area contributed by atoms with Crippen molar-refractivity contribution in [3.05, 3.63) is 77.6 Å². The molecule has 2 heterocycles. The van der Waals surface area contributed by atoms with E-state index >= 15 is 0 Å². The fraction of sp³-hybridized carbons (Fsp3) is 0.400. The number of halogens is 1. The summed E-state index contributed by atoms with van der Waals surface area (Å²) in [4.78, 5) is 47.0. The average molecular weight is 496 g/mol. The third-order valence-corrected chi connectivity index (χ3v) is 6.04. The van der Waals surface area contributed by atoms with Crippen molar-refractivity contribution in [1.82, 2.24) is 4.98 Å². The molecule has 4 rings (SSSR count). The molecule has 1 saturated carbocycles. The maximum absolute atomic E-state index is 11.3. The molecule has 14 heteroatoms. The predicted molar refractivity (Wildman–Crippen MR) is 111 cm³/mol. The van der Waals surface area contributed by atoms with Crippen LogP contribution >= 0.6 is 11.6 Å². The first-order chi connectivity index (χ1) is 16.1. The maximum Gasteiger partial charge on any atom is 0.511 e. The summed E-state index contributed by atoms with van der Waals surface area (Å²) in [6, 6.07) is 6.84. The van der Waals surface area contributed by atoms with Crippen LogP contribution in [0.4, 0.5) is 4.79 Å². The number of ether oxygens (including phenoxy) is 2. The highest BCUT2D eigenvalue weighted by Gasteiger charge is 2.44. The number of carboxylic acid groups (broad SMARTS) is 1. The van der Waals surface area contributed by atoms with Crippen LogP contribution in [0.15, 0.2) is 24.3 Å². The Labute approximate surface area is 196 Å². The minimum absolute atomic E-state index is 0.0187. The molecule has 1 N–H and O–H groups in total. The Morgan fingerprint density at radius 1 is 1.15 bits per heavy atom. The van der Waals surface area contributed by atoms with Crippen molar-refractivity contribution in [2.45, 2.75) is 50.6 Å². The Kier molecular flexibility index (Phi) is 6.39. The molecule has 0 bridgehead atoms. The van der Waals surface area contributed by atoms with Crippen LogP contribution in [-0.2, 0) is 21.0 Å². The van der Waals surface area contributed by atoms with Gasteiger partial charge in [0, 0.05) is 22.1 Å². The smallest absolute Gasteiger partial charge is 0.449 e. The summed E-state index contributed by atoms with van der Waals surface area (Å²) in [6.07, 6.45) is -4.51. The highest BCUT2D eigenvalue weighted by Crippen LogP contribution is 2.48. The highest BCUT2D eigenvalue weighted by atomic mass is 35.5. The molecule has 0 amide bonds. The second-order valence-corrected chi connectivity index (χ2v) is 8.25. The standard InChI is InChI=1S/C20H18ClN3O10/c1-9-18(32-20(25)26)13-8-31-19(10-2-4-12(21)5-3-10)16(13)17(22-9)11-6-14(33-23(27)28)15(7-11)34-24(29)30/h2-5,11,14-15,19H,6-8H2,1H3,(H,25,26)/t11?,14-,15?,19-/m0/s1. The largest absolute Gasteiger partial charge is 0.511 e. The summed E-state index contributed by atoms with van der Waals surface area (Å²) in [6.45, 7) is 1.58. The van der Waals surface area contributed by atoms with Gasteiger partial charge in [-0.3, -0.25) is 4.98 Å². The Bertz CT molecular complexity index is 1120. The van der Waals surface area contributed by atoms with Crippen molar-refractivity contribution >= 4 is 17.8 Å². The minimum atomic E-state index is -1.52. The van der Waals surface area contributed by atoms with Gasteiger partial charge in [0.15, 0.2) is 5.75 Å². The van der Waals surface area contributed by atoms with Gasteiger partial charge in [-0.25, -0.2) is 4.79 Å². The van der Waals surface area contributed by atoms with Crippen molar-refractivity contribution in [3.63, 3.8) is 0 Å². The van der Waals surface area contributed by atoms with Gasteiger partial charge >= 0.3 is 6.16 Å². The monoisotopic (exact) mass is 495 g/mol. The molecule has 0 spiro atoms. The van der Waals surface area contributed by atoms with E-state index in [-0.39, 0.29) is 30.9 Å². The van der Waals surface area contributed by atoms with E-state index < -0.39 is 40.6 Å². The average Bonchev–Trinajstić information content (AvgIpc) is 3.34. The number of aryl methyl sites for hydroxylation is 1. The lowest BCUT2D eigenvalue weighted by Crippen LogP contribution is -2.30. The van der Waals surface area contributed by atoms with Crippen LogP contribution in [0.2, 0.25) is 5.02 Å². The lowest BCUT2D eigenvalue weighted by molar-refractivity contribution is -0.797. The number of carbonyl (C=O) groups is 1. The summed E-state index contributed by atoms with van der Waals surface area (Å²) >= 11 is 6.00. The predicted octanol–water partition coefficient (Wildman–Crippen LogP) is 3.75. The Morgan fingerprint density at radius 3 is 2.26 bits per heavy atom. The minimum Gasteiger partial charge on any atom is -0.449 e. The normalized spacial score (nSPS) is 23.2. The van der Waals surface area contributed by atoms with Crippen molar-refractivity contribution in [2.75, 3.05) is 0 Å². The van der Waals surface area contributed by atoms with Crippen LogP contribution < -0.4 is 4.74 Å². The van der Waals surface area contributed by atoms with Gasteiger partial charge in [0.25, 0.3) is 10.2 Å². The summed E-state index contributed by atoms with van der Waals surface area (Å²) < 4.78 is 11.0. The molecule has 1 aliphatic carbocycles. The third kappa shape index (κ3) is 4.65. The summed E-state index contributed by atoms with van der Waals surface area (Å²) in [5.74, 6) is -0.491. The first kappa shape index (κ1) is 23.4. The second kappa shape index (κ2) is 9.27. The molecule has 1 fully saturated rings. The number of rotatable bonds is 7. The second-order valence-electron chi connectivity index (χ2n) is 7.82. The van der Waals surface area contributed by atoms with Gasteiger partial charge < -0.3 is 24.3 Å². The van der Waals surface area contributed by atoms with Crippen LogP contribution in [0.5, 0.6) is 5.75 Å². The fourth-order valence-corrected chi connectivity index (χ4v) is 4.66. The quantitative estimate of drug-likeness (QED) is 0.336. The summed E-state index contributed by atoms with van der Waals surface area (Å²) in [7, 11) is 0. The molecule has 1 aromatic carbocycles. The molecule has 2 aliphatic rings. The highest BCUT2D eigenvalue weighted by molar-refractivity contribution is 6.30. The Balaban J connectivity index is 1.79. The zero-order valence-electron chi connectivity index (χ0n) is 17.6. The summed E-state index contributed by atoms with van der Waals surface area (Å²) in [5, 5.41) is 29.5. The van der Waals surface area contributed by atoms with E-state index in [2.05, 4.69) is 14.7 Å². The molecule has 34 heavy (non-hydrogen) atoms. The molecule has 4 atom stereocenters. The fourth-order valence-electron chi connectivity index (χ4n) is 4.53. The van der Waals surface area contributed by atoms with Crippen molar-refractivity contribution in [2.24, 2.45) is 0 Å². The zero-order chi connectivity index (χ0) is 24.6. The number of fused-ring (bicyclic) bond motifs is 1. The van der Waals surface area contributed by atoms with Crippen molar-refractivity contribution in [3.8, 4) is 5.75 Å². The van der Waals surface area contributed by atoms with Gasteiger partial charge in [-0.15, -0.1) is 20.2 Å². The third-order valence-electron chi connectivity index (χ3n) is 5.79. The van der Waals surface area contributed by atoms with E-state index in [9.17, 15) is 30.1 Å². The Hall–Kier alpha value is -3.71. The molecular formula is C20H18ClN3O10. The topological polar surface area (TPSA) is 173 Å². The first-order valence-corrected chi connectivity index (χ1v) is 10.4. The molecule has 1 aliphatic heterocycles. The van der Waals surface area contributed by atoms with E-state index in [0.717, 1.165) is 0 Å². The van der Waals surface area contributed by atoms with E-state index in [1.165, 1.54) is 0 Å². The van der Waals surface area contributed by atoms with E-state index in [4.69, 9.17) is 21.1 Å². The molecule has 2 unspecified atom stereocenters. The molecule has 2 aromatic rings. The van der Waals surface area contributed by atoms with Gasteiger partial charge in [-0.2, -0.15) is 0 Å². The summed E-state index contributed by atoms with van der Waals surface area (Å²) in [5.41, 5.74) is 2.44. The SMILES string of the molecule is Cc1nc(C2CC(O[N+](=O)[O-])[C@@H](O[N+](=O)[O-])C2)c2c(c1OC(=O)O)CO[C@H]2c1ccc(Cl)cc1. The van der Waals surface area contributed by atoms with E-state index in [1.807, 2.05) is 0 Å². The van der Waals surface area contributed by atoms with Gasteiger partial charge in [-0.1, -0.05) is 23.7 Å². The first-order valence-electron chi connectivity index (χ1n) is 10.1. The zero-order valence-corrected chi connectivity index (χ0v) is 18.3. The number of nitrogens with zero attached hydrogens (tertiary/aromatic N) is 3. The molecule has 0 radical (unpaired) electrons. The van der Waals surface area contributed by atoms with Gasteiger partial charge in [0.1, 0.15) is 18.3 Å². The van der Waals surface area contributed by atoms with Crippen LogP contribution in [0.1, 0.15) is 52.9 Å². The molecule has 180 valence electrons. The Morgan fingerprint density at radius 2 is 1.74 bits per heavy atom.